The van der Waals surface area contributed by atoms with E-state index in [0.29, 0.717) is 12.3 Å². The molecule has 0 saturated carbocycles. The van der Waals surface area contributed by atoms with E-state index in [0.717, 1.165) is 45.0 Å². The number of morpholine rings is 1. The molecule has 2 rings (SSSR count). The molecule has 0 unspecified atom stereocenters. The van der Waals surface area contributed by atoms with Crippen molar-refractivity contribution in [2.45, 2.75) is 13.3 Å². The molecule has 0 atom stereocenters. The van der Waals surface area contributed by atoms with Gasteiger partial charge >= 0.3 is 0 Å². The maximum absolute atomic E-state index is 11.6. The second kappa shape index (κ2) is 7.87. The Morgan fingerprint density at radius 2 is 2.20 bits per heavy atom. The van der Waals surface area contributed by atoms with Crippen LogP contribution in [-0.4, -0.2) is 50.2 Å². The minimum Gasteiger partial charge on any atom is -0.462 e. The van der Waals surface area contributed by atoms with Crippen molar-refractivity contribution in [1.82, 2.24) is 10.2 Å². The fraction of sp³-hybridized carbons (Fsp3) is 0.533. The van der Waals surface area contributed by atoms with E-state index in [2.05, 4.69) is 10.2 Å². The van der Waals surface area contributed by atoms with E-state index in [1.807, 2.05) is 19.1 Å². The van der Waals surface area contributed by atoms with Gasteiger partial charge in [-0.25, -0.2) is 0 Å². The molecular formula is C15H22N2O3. The molecule has 0 bridgehead atoms. The highest BCUT2D eigenvalue weighted by Gasteiger charge is 2.09. The standard InChI is InChI=1S/C15H22N2O3/c1-13-3-4-14(20-13)5-6-15(18)16-7-2-8-17-9-11-19-12-10-17/h3-6H,2,7-12H2,1H3,(H,16,18)/b6-5+. The number of carbonyl (C=O) groups excluding carboxylic acids is 1. The monoisotopic (exact) mass is 278 g/mol. The SMILES string of the molecule is Cc1ccc(/C=C/C(=O)NCCCN2CCOCC2)o1. The van der Waals surface area contributed by atoms with Crippen molar-refractivity contribution in [3.05, 3.63) is 29.7 Å². The topological polar surface area (TPSA) is 54.7 Å². The van der Waals surface area contributed by atoms with Gasteiger partial charge in [0.25, 0.3) is 0 Å². The van der Waals surface area contributed by atoms with Gasteiger partial charge in [-0.15, -0.1) is 0 Å². The van der Waals surface area contributed by atoms with Gasteiger partial charge in [-0.2, -0.15) is 0 Å². The summed E-state index contributed by atoms with van der Waals surface area (Å²) in [5.74, 6) is 1.46. The van der Waals surface area contributed by atoms with Crippen molar-refractivity contribution >= 4 is 12.0 Å². The fourth-order valence-corrected chi connectivity index (χ4v) is 2.10. The van der Waals surface area contributed by atoms with E-state index in [-0.39, 0.29) is 5.91 Å². The van der Waals surface area contributed by atoms with Crippen LogP contribution in [0, 0.1) is 6.92 Å². The normalized spacial score (nSPS) is 16.6. The number of rotatable bonds is 6. The maximum Gasteiger partial charge on any atom is 0.244 e. The lowest BCUT2D eigenvalue weighted by atomic mass is 10.3. The van der Waals surface area contributed by atoms with Crippen LogP contribution in [0.1, 0.15) is 17.9 Å². The third-order valence-corrected chi connectivity index (χ3v) is 3.21. The van der Waals surface area contributed by atoms with Crippen LogP contribution < -0.4 is 5.32 Å². The predicted octanol–water partition coefficient (Wildman–Crippen LogP) is 1.44. The lowest BCUT2D eigenvalue weighted by molar-refractivity contribution is -0.116. The molecule has 1 saturated heterocycles. The summed E-state index contributed by atoms with van der Waals surface area (Å²) in [6.07, 6.45) is 4.15. The van der Waals surface area contributed by atoms with Gasteiger partial charge in [0, 0.05) is 25.7 Å². The van der Waals surface area contributed by atoms with Crippen LogP contribution in [0.3, 0.4) is 0 Å². The summed E-state index contributed by atoms with van der Waals surface area (Å²) in [4.78, 5) is 14.0. The Bertz CT molecular complexity index is 448. The van der Waals surface area contributed by atoms with E-state index in [4.69, 9.17) is 9.15 Å². The average molecular weight is 278 g/mol. The van der Waals surface area contributed by atoms with Crippen molar-refractivity contribution in [3.63, 3.8) is 0 Å². The van der Waals surface area contributed by atoms with Gasteiger partial charge in [0.15, 0.2) is 0 Å². The van der Waals surface area contributed by atoms with Crippen LogP contribution in [-0.2, 0) is 9.53 Å². The Labute approximate surface area is 119 Å². The minimum absolute atomic E-state index is 0.0824. The van der Waals surface area contributed by atoms with Crippen LogP contribution >= 0.6 is 0 Å². The number of ether oxygens (including phenoxy) is 1. The van der Waals surface area contributed by atoms with Crippen molar-refractivity contribution in [2.24, 2.45) is 0 Å². The molecule has 0 spiro atoms. The average Bonchev–Trinajstić information content (AvgIpc) is 2.88. The van der Waals surface area contributed by atoms with Gasteiger partial charge in [-0.05, 0) is 38.1 Å². The molecule has 20 heavy (non-hydrogen) atoms. The van der Waals surface area contributed by atoms with Crippen LogP contribution in [0.25, 0.3) is 6.08 Å². The Morgan fingerprint density at radius 1 is 1.40 bits per heavy atom. The number of hydrogen-bond acceptors (Lipinski definition) is 4. The number of amides is 1. The molecule has 1 aromatic rings. The number of nitrogens with one attached hydrogen (secondary N) is 1. The van der Waals surface area contributed by atoms with Crippen molar-refractivity contribution in [1.29, 1.82) is 0 Å². The van der Waals surface area contributed by atoms with Gasteiger partial charge < -0.3 is 14.5 Å². The number of nitrogens with zero attached hydrogens (tertiary/aromatic N) is 1. The second-order valence-electron chi connectivity index (χ2n) is 4.88. The minimum atomic E-state index is -0.0824. The first-order valence-electron chi connectivity index (χ1n) is 7.06. The number of furan rings is 1. The zero-order valence-corrected chi connectivity index (χ0v) is 11.9. The van der Waals surface area contributed by atoms with Gasteiger partial charge in [-0.3, -0.25) is 9.69 Å². The first-order chi connectivity index (χ1) is 9.74. The molecule has 1 amide bonds. The van der Waals surface area contributed by atoms with E-state index in [9.17, 15) is 4.79 Å². The molecule has 110 valence electrons. The molecule has 1 fully saturated rings. The Balaban J connectivity index is 1.59. The summed E-state index contributed by atoms with van der Waals surface area (Å²) in [6, 6.07) is 3.72. The first-order valence-corrected chi connectivity index (χ1v) is 7.06. The summed E-state index contributed by atoms with van der Waals surface area (Å²) in [7, 11) is 0. The maximum atomic E-state index is 11.6. The molecular weight excluding hydrogens is 256 g/mol. The fourth-order valence-electron chi connectivity index (χ4n) is 2.10. The highest BCUT2D eigenvalue weighted by molar-refractivity contribution is 5.91. The second-order valence-corrected chi connectivity index (χ2v) is 4.88. The first kappa shape index (κ1) is 14.8. The molecule has 0 aliphatic carbocycles. The molecule has 5 heteroatoms. The zero-order valence-electron chi connectivity index (χ0n) is 11.9. The highest BCUT2D eigenvalue weighted by atomic mass is 16.5. The molecule has 0 aromatic carbocycles. The van der Waals surface area contributed by atoms with Gasteiger partial charge in [0.2, 0.25) is 5.91 Å². The van der Waals surface area contributed by atoms with Crippen LogP contribution in [0.5, 0.6) is 0 Å². The van der Waals surface area contributed by atoms with Crippen molar-refractivity contribution in [3.8, 4) is 0 Å². The lowest BCUT2D eigenvalue weighted by Gasteiger charge is -2.26. The zero-order chi connectivity index (χ0) is 14.2. The Morgan fingerprint density at radius 3 is 2.90 bits per heavy atom. The van der Waals surface area contributed by atoms with E-state index in [1.165, 1.54) is 6.08 Å². The number of carbonyl (C=O) groups is 1. The largest absolute Gasteiger partial charge is 0.462 e. The summed E-state index contributed by atoms with van der Waals surface area (Å²) < 4.78 is 10.6. The lowest BCUT2D eigenvalue weighted by Crippen LogP contribution is -2.38. The van der Waals surface area contributed by atoms with Gasteiger partial charge in [0.05, 0.1) is 13.2 Å². The summed E-state index contributed by atoms with van der Waals surface area (Å²) in [5, 5.41) is 2.87. The third-order valence-electron chi connectivity index (χ3n) is 3.21. The van der Waals surface area contributed by atoms with Crippen LogP contribution in [0.4, 0.5) is 0 Å². The number of aryl methyl sites for hydroxylation is 1. The highest BCUT2D eigenvalue weighted by Crippen LogP contribution is 2.07. The molecule has 1 N–H and O–H groups in total. The van der Waals surface area contributed by atoms with Crippen molar-refractivity contribution < 1.29 is 13.9 Å². The Hall–Kier alpha value is -1.59. The number of hydrogen-bond donors (Lipinski definition) is 1. The molecule has 5 nitrogen and oxygen atoms in total. The third kappa shape index (κ3) is 5.19. The Kier molecular flexibility index (Phi) is 5.83. The van der Waals surface area contributed by atoms with E-state index in [1.54, 1.807) is 6.08 Å². The van der Waals surface area contributed by atoms with Gasteiger partial charge in [0.1, 0.15) is 11.5 Å². The van der Waals surface area contributed by atoms with Crippen LogP contribution in [0.2, 0.25) is 0 Å². The van der Waals surface area contributed by atoms with E-state index < -0.39 is 0 Å². The molecule has 0 radical (unpaired) electrons. The summed E-state index contributed by atoms with van der Waals surface area (Å²) in [6.45, 7) is 7.19. The van der Waals surface area contributed by atoms with E-state index >= 15 is 0 Å². The predicted molar refractivity (Wildman–Crippen MR) is 77.4 cm³/mol. The molecule has 1 aliphatic heterocycles. The smallest absolute Gasteiger partial charge is 0.244 e. The van der Waals surface area contributed by atoms with Crippen molar-refractivity contribution in [2.75, 3.05) is 39.4 Å². The van der Waals surface area contributed by atoms with Gasteiger partial charge in [-0.1, -0.05) is 0 Å². The quantitative estimate of drug-likeness (QED) is 0.632. The molecule has 1 aliphatic rings. The summed E-state index contributed by atoms with van der Waals surface area (Å²) in [5.41, 5.74) is 0. The molecule has 2 heterocycles. The molecule has 1 aromatic heterocycles. The summed E-state index contributed by atoms with van der Waals surface area (Å²) >= 11 is 0. The van der Waals surface area contributed by atoms with Crippen LogP contribution in [0.15, 0.2) is 22.6 Å².